The Hall–Kier alpha value is -1.48. The molecule has 0 fully saturated rings. The van der Waals surface area contributed by atoms with E-state index < -0.39 is 0 Å². The van der Waals surface area contributed by atoms with Crippen molar-refractivity contribution in [3.63, 3.8) is 0 Å². The molecular weight excluding hydrogens is 212 g/mol. The molecule has 0 saturated heterocycles. The molecular formula is C14H20N2O. The van der Waals surface area contributed by atoms with Crippen molar-refractivity contribution in [2.75, 3.05) is 13.6 Å². The predicted octanol–water partition coefficient (Wildman–Crippen LogP) is 2.52. The summed E-state index contributed by atoms with van der Waals surface area (Å²) in [5, 5.41) is 13.9. The van der Waals surface area contributed by atoms with Crippen molar-refractivity contribution in [2.45, 2.75) is 26.3 Å². The average molecular weight is 232 g/mol. The maximum atomic E-state index is 9.55. The molecule has 1 heterocycles. The Morgan fingerprint density at radius 2 is 2.12 bits per heavy atom. The second-order valence-electron chi connectivity index (χ2n) is 4.33. The highest BCUT2D eigenvalue weighted by molar-refractivity contribution is 5.82. The molecule has 0 radical (unpaired) electrons. The lowest BCUT2D eigenvalue weighted by Crippen LogP contribution is -2.10. The van der Waals surface area contributed by atoms with E-state index in [2.05, 4.69) is 22.9 Å². The molecule has 0 bridgehead atoms. The highest BCUT2D eigenvalue weighted by Gasteiger charge is 2.07. The molecule has 0 saturated carbocycles. The fraction of sp³-hybridized carbons (Fsp3) is 0.429. The van der Waals surface area contributed by atoms with Crippen LogP contribution in [0.3, 0.4) is 0 Å². The standard InChI is InChI=1S/C14H20N2O/c1-3-16-12(5-4-8-15-2)9-11-6-7-13(17)10-14(11)16/h6-7,9-10,15,17H,3-5,8H2,1-2H3. The molecule has 0 aliphatic heterocycles. The van der Waals surface area contributed by atoms with Gasteiger partial charge >= 0.3 is 0 Å². The smallest absolute Gasteiger partial charge is 0.117 e. The van der Waals surface area contributed by atoms with Gasteiger partial charge in [-0.25, -0.2) is 0 Å². The molecule has 0 unspecified atom stereocenters. The molecule has 1 aromatic carbocycles. The fourth-order valence-electron chi connectivity index (χ4n) is 2.33. The van der Waals surface area contributed by atoms with E-state index in [9.17, 15) is 5.11 Å². The molecule has 0 amide bonds. The molecule has 3 heteroatoms. The Morgan fingerprint density at radius 1 is 1.29 bits per heavy atom. The molecule has 1 aromatic heterocycles. The van der Waals surface area contributed by atoms with Gasteiger partial charge in [0.1, 0.15) is 5.75 Å². The van der Waals surface area contributed by atoms with E-state index >= 15 is 0 Å². The zero-order valence-corrected chi connectivity index (χ0v) is 10.5. The van der Waals surface area contributed by atoms with Crippen LogP contribution in [0.5, 0.6) is 5.75 Å². The number of aryl methyl sites for hydroxylation is 2. The van der Waals surface area contributed by atoms with Crippen LogP contribution in [0, 0.1) is 0 Å². The number of hydrogen-bond acceptors (Lipinski definition) is 2. The number of hydrogen-bond donors (Lipinski definition) is 2. The van der Waals surface area contributed by atoms with Gasteiger partial charge in [0.2, 0.25) is 0 Å². The predicted molar refractivity (Wildman–Crippen MR) is 71.5 cm³/mol. The minimum absolute atomic E-state index is 0.340. The Labute approximate surface area is 102 Å². The summed E-state index contributed by atoms with van der Waals surface area (Å²) in [4.78, 5) is 0. The summed E-state index contributed by atoms with van der Waals surface area (Å²) in [7, 11) is 1.98. The maximum Gasteiger partial charge on any atom is 0.117 e. The van der Waals surface area contributed by atoms with E-state index in [4.69, 9.17) is 0 Å². The Morgan fingerprint density at radius 3 is 2.82 bits per heavy atom. The van der Waals surface area contributed by atoms with Crippen LogP contribution < -0.4 is 5.32 Å². The number of benzene rings is 1. The summed E-state index contributed by atoms with van der Waals surface area (Å²) in [5.41, 5.74) is 2.48. The van der Waals surface area contributed by atoms with Crippen molar-refractivity contribution in [1.29, 1.82) is 0 Å². The molecule has 2 aromatic rings. The number of phenols is 1. The van der Waals surface area contributed by atoms with Gasteiger partial charge in [0.05, 0.1) is 5.52 Å². The van der Waals surface area contributed by atoms with Crippen LogP contribution in [-0.2, 0) is 13.0 Å². The van der Waals surface area contributed by atoms with Crippen LogP contribution in [0.2, 0.25) is 0 Å². The molecule has 17 heavy (non-hydrogen) atoms. The molecule has 92 valence electrons. The van der Waals surface area contributed by atoms with E-state index in [1.54, 1.807) is 6.07 Å². The molecule has 2 N–H and O–H groups in total. The van der Waals surface area contributed by atoms with Gasteiger partial charge in [-0.15, -0.1) is 0 Å². The number of nitrogens with zero attached hydrogens (tertiary/aromatic N) is 1. The third-order valence-corrected chi connectivity index (χ3v) is 3.15. The maximum absolute atomic E-state index is 9.55. The van der Waals surface area contributed by atoms with Crippen molar-refractivity contribution in [1.82, 2.24) is 9.88 Å². The van der Waals surface area contributed by atoms with Gasteiger partial charge in [0.25, 0.3) is 0 Å². The van der Waals surface area contributed by atoms with Gasteiger partial charge in [-0.2, -0.15) is 0 Å². The quantitative estimate of drug-likeness (QED) is 0.777. The topological polar surface area (TPSA) is 37.2 Å². The van der Waals surface area contributed by atoms with Crippen LogP contribution in [0.4, 0.5) is 0 Å². The van der Waals surface area contributed by atoms with Gasteiger partial charge in [-0.3, -0.25) is 0 Å². The molecule has 0 aliphatic rings. The van der Waals surface area contributed by atoms with Gasteiger partial charge in [-0.1, -0.05) is 0 Å². The van der Waals surface area contributed by atoms with Crippen LogP contribution in [-0.4, -0.2) is 23.3 Å². The average Bonchev–Trinajstić information content (AvgIpc) is 2.66. The van der Waals surface area contributed by atoms with Gasteiger partial charge in [0, 0.05) is 23.7 Å². The Bertz CT molecular complexity index is 502. The highest BCUT2D eigenvalue weighted by atomic mass is 16.3. The summed E-state index contributed by atoms with van der Waals surface area (Å²) in [6.07, 6.45) is 2.21. The summed E-state index contributed by atoms with van der Waals surface area (Å²) < 4.78 is 2.28. The fourth-order valence-corrected chi connectivity index (χ4v) is 2.33. The molecule has 0 aliphatic carbocycles. The Kier molecular flexibility index (Phi) is 3.69. The van der Waals surface area contributed by atoms with E-state index in [0.29, 0.717) is 5.75 Å². The van der Waals surface area contributed by atoms with Crippen molar-refractivity contribution in [3.8, 4) is 5.75 Å². The van der Waals surface area contributed by atoms with Crippen LogP contribution >= 0.6 is 0 Å². The first-order valence-corrected chi connectivity index (χ1v) is 6.22. The lowest BCUT2D eigenvalue weighted by atomic mass is 10.2. The number of fused-ring (bicyclic) bond motifs is 1. The lowest BCUT2D eigenvalue weighted by Gasteiger charge is -2.07. The SMILES string of the molecule is CCn1c(CCCNC)cc2ccc(O)cc21. The minimum atomic E-state index is 0.340. The Balaban J connectivity index is 2.35. The number of phenolic OH excluding ortho intramolecular Hbond substituents is 1. The third-order valence-electron chi connectivity index (χ3n) is 3.15. The van der Waals surface area contributed by atoms with Crippen molar-refractivity contribution in [2.24, 2.45) is 0 Å². The normalized spacial score (nSPS) is 11.2. The number of nitrogens with one attached hydrogen (secondary N) is 1. The molecule has 2 rings (SSSR count). The molecule has 3 nitrogen and oxygen atoms in total. The van der Waals surface area contributed by atoms with Crippen LogP contribution in [0.1, 0.15) is 19.0 Å². The number of aromatic hydroxyl groups is 1. The summed E-state index contributed by atoms with van der Waals surface area (Å²) in [6.45, 7) is 4.13. The monoisotopic (exact) mass is 232 g/mol. The number of aromatic nitrogens is 1. The highest BCUT2D eigenvalue weighted by Crippen LogP contribution is 2.24. The largest absolute Gasteiger partial charge is 0.508 e. The molecule has 0 atom stereocenters. The zero-order valence-electron chi connectivity index (χ0n) is 10.5. The van der Waals surface area contributed by atoms with Gasteiger partial charge < -0.3 is 15.0 Å². The van der Waals surface area contributed by atoms with E-state index in [-0.39, 0.29) is 0 Å². The van der Waals surface area contributed by atoms with E-state index in [1.165, 1.54) is 11.1 Å². The summed E-state index contributed by atoms with van der Waals surface area (Å²) in [6, 6.07) is 7.81. The third kappa shape index (κ3) is 2.44. The second kappa shape index (κ2) is 5.23. The lowest BCUT2D eigenvalue weighted by molar-refractivity contribution is 0.476. The van der Waals surface area contributed by atoms with Gasteiger partial charge in [-0.05, 0) is 51.6 Å². The van der Waals surface area contributed by atoms with E-state index in [0.717, 1.165) is 31.4 Å². The first-order valence-electron chi connectivity index (χ1n) is 6.22. The van der Waals surface area contributed by atoms with Crippen molar-refractivity contribution in [3.05, 3.63) is 30.0 Å². The van der Waals surface area contributed by atoms with Crippen LogP contribution in [0.15, 0.2) is 24.3 Å². The molecule has 0 spiro atoms. The second-order valence-corrected chi connectivity index (χ2v) is 4.33. The minimum Gasteiger partial charge on any atom is -0.508 e. The first kappa shape index (κ1) is 12.0. The van der Waals surface area contributed by atoms with E-state index in [1.807, 2.05) is 19.2 Å². The number of rotatable bonds is 5. The zero-order chi connectivity index (χ0) is 12.3. The van der Waals surface area contributed by atoms with Crippen molar-refractivity contribution < 1.29 is 5.11 Å². The summed E-state index contributed by atoms with van der Waals surface area (Å²) in [5.74, 6) is 0.340. The first-order chi connectivity index (χ1) is 8.26. The van der Waals surface area contributed by atoms with Crippen molar-refractivity contribution >= 4 is 10.9 Å². The van der Waals surface area contributed by atoms with Crippen LogP contribution in [0.25, 0.3) is 10.9 Å². The van der Waals surface area contributed by atoms with Gasteiger partial charge in [0.15, 0.2) is 0 Å². The summed E-state index contributed by atoms with van der Waals surface area (Å²) >= 11 is 0.